The van der Waals surface area contributed by atoms with Gasteiger partial charge in [0.05, 0.1) is 17.2 Å². The SMILES string of the molecule is CNCc1cc(C(F)(F)F)cc(C(F)(F)F)c1.Cc1cc(F)ccc1C1CNCC(C)N1C(=O)O. The maximum atomic E-state index is 13.1. The summed E-state index contributed by atoms with van der Waals surface area (Å²) >= 11 is 0. The van der Waals surface area contributed by atoms with Crippen molar-refractivity contribution in [3.63, 3.8) is 0 Å². The normalized spacial score (nSPS) is 18.6. The molecule has 2 aromatic rings. The molecular formula is C23H26F7N3O2. The average Bonchev–Trinajstić information content (AvgIpc) is 2.72. The van der Waals surface area contributed by atoms with E-state index in [-0.39, 0.29) is 36.1 Å². The van der Waals surface area contributed by atoms with E-state index in [1.807, 2.05) is 6.92 Å². The zero-order valence-corrected chi connectivity index (χ0v) is 19.2. The Labute approximate surface area is 197 Å². The second kappa shape index (κ2) is 11.3. The number of rotatable bonds is 3. The summed E-state index contributed by atoms with van der Waals surface area (Å²) in [5.41, 5.74) is -1.01. The molecule has 3 rings (SSSR count). The maximum absolute atomic E-state index is 13.1. The fraction of sp³-hybridized carbons (Fsp3) is 0.435. The summed E-state index contributed by atoms with van der Waals surface area (Å²) in [6.07, 6.45) is -10.5. The molecule has 194 valence electrons. The van der Waals surface area contributed by atoms with Gasteiger partial charge in [0.25, 0.3) is 0 Å². The molecule has 0 aliphatic carbocycles. The molecule has 3 N–H and O–H groups in total. The average molecular weight is 509 g/mol. The zero-order valence-electron chi connectivity index (χ0n) is 19.2. The number of hydrogen-bond acceptors (Lipinski definition) is 3. The predicted molar refractivity (Wildman–Crippen MR) is 115 cm³/mol. The number of hydrogen-bond donors (Lipinski definition) is 3. The van der Waals surface area contributed by atoms with Crippen molar-refractivity contribution < 1.29 is 40.6 Å². The molecule has 1 aliphatic rings. The molecule has 1 saturated heterocycles. The van der Waals surface area contributed by atoms with E-state index in [1.165, 1.54) is 24.1 Å². The number of nitrogens with one attached hydrogen (secondary N) is 2. The van der Waals surface area contributed by atoms with E-state index < -0.39 is 29.6 Å². The van der Waals surface area contributed by atoms with Crippen LogP contribution in [0.5, 0.6) is 0 Å². The van der Waals surface area contributed by atoms with Crippen molar-refractivity contribution in [2.24, 2.45) is 0 Å². The first-order valence-electron chi connectivity index (χ1n) is 10.6. The highest BCUT2D eigenvalue weighted by Gasteiger charge is 2.37. The van der Waals surface area contributed by atoms with Crippen molar-refractivity contribution in [1.29, 1.82) is 0 Å². The minimum Gasteiger partial charge on any atom is -0.465 e. The van der Waals surface area contributed by atoms with Gasteiger partial charge >= 0.3 is 18.4 Å². The molecule has 0 radical (unpaired) electrons. The quantitative estimate of drug-likeness (QED) is 0.472. The Morgan fingerprint density at radius 1 is 1.06 bits per heavy atom. The van der Waals surface area contributed by atoms with E-state index in [9.17, 15) is 40.6 Å². The van der Waals surface area contributed by atoms with Crippen molar-refractivity contribution in [1.82, 2.24) is 15.5 Å². The molecule has 0 aromatic heterocycles. The lowest BCUT2D eigenvalue weighted by molar-refractivity contribution is -0.143. The van der Waals surface area contributed by atoms with Crippen LogP contribution in [-0.2, 0) is 18.9 Å². The number of benzene rings is 2. The van der Waals surface area contributed by atoms with Gasteiger partial charge in [0, 0.05) is 25.7 Å². The highest BCUT2D eigenvalue weighted by molar-refractivity contribution is 5.66. The van der Waals surface area contributed by atoms with Gasteiger partial charge in [0.15, 0.2) is 0 Å². The summed E-state index contributed by atoms with van der Waals surface area (Å²) in [6.45, 7) is 4.81. The first kappa shape index (κ1) is 28.4. The third kappa shape index (κ3) is 7.56. The largest absolute Gasteiger partial charge is 0.465 e. The molecule has 0 bridgehead atoms. The summed E-state index contributed by atoms with van der Waals surface area (Å²) < 4.78 is 87.4. The molecule has 0 saturated carbocycles. The molecule has 1 heterocycles. The van der Waals surface area contributed by atoms with Crippen LogP contribution in [0.1, 0.15) is 40.8 Å². The van der Waals surface area contributed by atoms with Gasteiger partial charge in [0.2, 0.25) is 0 Å². The standard InChI is InChI=1S/C13H17FN2O2.C10H9F6N/c1-8-5-10(14)3-4-11(8)12-7-15-6-9(2)16(12)13(17)18;1-17-5-6-2-7(9(11,12)13)4-8(3-6)10(14,15)16/h3-5,9,12,15H,6-7H2,1-2H3,(H,17,18);2-4,17H,5H2,1H3. The van der Waals surface area contributed by atoms with Crippen LogP contribution in [0.2, 0.25) is 0 Å². The highest BCUT2D eigenvalue weighted by atomic mass is 19.4. The van der Waals surface area contributed by atoms with Gasteiger partial charge in [-0.05, 0) is 67.9 Å². The lowest BCUT2D eigenvalue weighted by atomic mass is 9.97. The van der Waals surface area contributed by atoms with Crippen LogP contribution in [0.15, 0.2) is 36.4 Å². The van der Waals surface area contributed by atoms with Gasteiger partial charge in [0.1, 0.15) is 5.82 Å². The molecule has 2 aromatic carbocycles. The summed E-state index contributed by atoms with van der Waals surface area (Å²) in [7, 11) is 1.44. The summed E-state index contributed by atoms with van der Waals surface area (Å²) in [4.78, 5) is 12.8. The first-order chi connectivity index (χ1) is 16.1. The molecule has 2 atom stereocenters. The molecule has 1 fully saturated rings. The third-order valence-corrected chi connectivity index (χ3v) is 5.43. The number of carboxylic acid groups (broad SMARTS) is 1. The minimum absolute atomic E-state index is 0.0605. The lowest BCUT2D eigenvalue weighted by Crippen LogP contribution is -2.53. The number of piperazine rings is 1. The number of nitrogens with zero attached hydrogens (tertiary/aromatic N) is 1. The van der Waals surface area contributed by atoms with Gasteiger partial charge < -0.3 is 15.7 Å². The second-order valence-corrected chi connectivity index (χ2v) is 8.16. The molecule has 1 aliphatic heterocycles. The Hall–Kier alpha value is -2.86. The van der Waals surface area contributed by atoms with Gasteiger partial charge in [-0.1, -0.05) is 6.07 Å². The molecule has 1 amide bonds. The Morgan fingerprint density at radius 3 is 2.09 bits per heavy atom. The van der Waals surface area contributed by atoms with Crippen LogP contribution in [0.4, 0.5) is 35.5 Å². The van der Waals surface area contributed by atoms with Crippen LogP contribution in [0.25, 0.3) is 0 Å². The number of carbonyl (C=O) groups is 1. The van der Waals surface area contributed by atoms with Crippen LogP contribution in [-0.4, -0.2) is 42.3 Å². The molecule has 0 spiro atoms. The van der Waals surface area contributed by atoms with Crippen molar-refractivity contribution in [3.05, 3.63) is 70.0 Å². The lowest BCUT2D eigenvalue weighted by Gasteiger charge is -2.39. The number of aryl methyl sites for hydroxylation is 1. The fourth-order valence-corrected chi connectivity index (χ4v) is 3.85. The van der Waals surface area contributed by atoms with Gasteiger partial charge in [-0.2, -0.15) is 26.3 Å². The predicted octanol–water partition coefficient (Wildman–Crippen LogP) is 5.59. The second-order valence-electron chi connectivity index (χ2n) is 8.16. The topological polar surface area (TPSA) is 64.6 Å². The van der Waals surface area contributed by atoms with Gasteiger partial charge in [-0.15, -0.1) is 0 Å². The van der Waals surface area contributed by atoms with Crippen molar-refractivity contribution in [2.75, 3.05) is 20.1 Å². The molecule has 2 unspecified atom stereocenters. The van der Waals surface area contributed by atoms with E-state index in [2.05, 4.69) is 10.6 Å². The van der Waals surface area contributed by atoms with Crippen LogP contribution in [0, 0.1) is 12.7 Å². The van der Waals surface area contributed by atoms with E-state index in [1.54, 1.807) is 13.0 Å². The van der Waals surface area contributed by atoms with Gasteiger partial charge in [-0.25, -0.2) is 9.18 Å². The first-order valence-corrected chi connectivity index (χ1v) is 10.6. The zero-order chi connectivity index (χ0) is 26.6. The summed E-state index contributed by atoms with van der Waals surface area (Å²) in [6, 6.07) is 5.65. The monoisotopic (exact) mass is 509 g/mol. The molecular weight excluding hydrogens is 483 g/mol. The Balaban J connectivity index is 0.000000247. The van der Waals surface area contributed by atoms with E-state index in [0.29, 0.717) is 25.2 Å². The Kier molecular flexibility index (Phi) is 9.12. The number of halogens is 7. The third-order valence-electron chi connectivity index (χ3n) is 5.43. The highest BCUT2D eigenvalue weighted by Crippen LogP contribution is 2.36. The summed E-state index contributed by atoms with van der Waals surface area (Å²) in [5.74, 6) is -0.296. The fourth-order valence-electron chi connectivity index (χ4n) is 3.85. The smallest absolute Gasteiger partial charge is 0.416 e. The van der Waals surface area contributed by atoms with Crippen LogP contribution >= 0.6 is 0 Å². The van der Waals surface area contributed by atoms with Crippen molar-refractivity contribution in [3.8, 4) is 0 Å². The number of alkyl halides is 6. The Morgan fingerprint density at radius 2 is 1.63 bits per heavy atom. The van der Waals surface area contributed by atoms with Gasteiger partial charge in [-0.3, -0.25) is 4.90 Å². The maximum Gasteiger partial charge on any atom is 0.416 e. The van der Waals surface area contributed by atoms with Crippen molar-refractivity contribution in [2.45, 2.75) is 44.8 Å². The number of amides is 1. The Bertz CT molecular complexity index is 993. The van der Waals surface area contributed by atoms with E-state index >= 15 is 0 Å². The van der Waals surface area contributed by atoms with E-state index in [0.717, 1.165) is 11.1 Å². The molecule has 12 heteroatoms. The molecule has 5 nitrogen and oxygen atoms in total. The van der Waals surface area contributed by atoms with Crippen LogP contribution < -0.4 is 10.6 Å². The van der Waals surface area contributed by atoms with E-state index in [4.69, 9.17) is 0 Å². The van der Waals surface area contributed by atoms with Crippen molar-refractivity contribution >= 4 is 6.09 Å². The molecule has 35 heavy (non-hydrogen) atoms. The minimum atomic E-state index is -4.79. The van der Waals surface area contributed by atoms with Crippen LogP contribution in [0.3, 0.4) is 0 Å². The summed E-state index contributed by atoms with van der Waals surface area (Å²) in [5, 5.41) is 15.0.